The fourth-order valence-electron chi connectivity index (χ4n) is 3.80. The van der Waals surface area contributed by atoms with Gasteiger partial charge in [-0.05, 0) is 46.3 Å². The minimum Gasteiger partial charge on any atom is -0.388 e. The molecule has 3 N–H and O–H groups in total. The highest BCUT2D eigenvalue weighted by molar-refractivity contribution is 6.59. The Bertz CT molecular complexity index is 1360. The molecule has 190 valence electrons. The lowest BCUT2D eigenvalue weighted by Gasteiger charge is -2.29. The molecule has 0 heterocycles. The van der Waals surface area contributed by atoms with Crippen molar-refractivity contribution in [2.24, 2.45) is 10.8 Å². The van der Waals surface area contributed by atoms with Crippen molar-refractivity contribution in [1.82, 2.24) is 0 Å². The molecule has 1 aliphatic rings. The van der Waals surface area contributed by atoms with Gasteiger partial charge >= 0.3 is 0 Å². The first kappa shape index (κ1) is 26.9. The normalized spacial score (nSPS) is 16.5. The molecule has 7 nitrogen and oxygen atoms in total. The minimum absolute atomic E-state index is 0.0707. The highest BCUT2D eigenvalue weighted by atomic mass is 16.2. The van der Waals surface area contributed by atoms with E-state index >= 15 is 0 Å². The Balaban J connectivity index is 2.15. The van der Waals surface area contributed by atoms with Crippen molar-refractivity contribution in [2.75, 3.05) is 30.0 Å². The maximum absolute atomic E-state index is 13.5. The van der Waals surface area contributed by atoms with Crippen molar-refractivity contribution in [3.05, 3.63) is 52.4 Å². The van der Waals surface area contributed by atoms with E-state index in [1.807, 2.05) is 20.8 Å². The van der Waals surface area contributed by atoms with Crippen LogP contribution in [0.5, 0.6) is 0 Å². The van der Waals surface area contributed by atoms with Gasteiger partial charge in [0.15, 0.2) is 17.3 Å². The molecule has 1 fully saturated rings. The van der Waals surface area contributed by atoms with E-state index in [0.29, 0.717) is 21.7 Å². The van der Waals surface area contributed by atoms with Crippen LogP contribution in [0, 0.1) is 10.8 Å². The SMILES string of the molecule is CNc1ccc(C2C(=O)C(=c3ccc(NC)c/c3=C\C(=O)C(C)(C)C)C2=O)c(NC(=O)C(C)(C)C)c1. The molecule has 7 heteroatoms. The number of carbonyl (C=O) groups is 4. The summed E-state index contributed by atoms with van der Waals surface area (Å²) in [6.45, 7) is 10.8. The lowest BCUT2D eigenvalue weighted by Crippen LogP contribution is -2.46. The average molecular weight is 490 g/mol. The van der Waals surface area contributed by atoms with Crippen LogP contribution >= 0.6 is 0 Å². The molecule has 2 aromatic rings. The Morgan fingerprint density at radius 2 is 1.36 bits per heavy atom. The summed E-state index contributed by atoms with van der Waals surface area (Å²) < 4.78 is 0. The van der Waals surface area contributed by atoms with E-state index < -0.39 is 16.7 Å². The summed E-state index contributed by atoms with van der Waals surface area (Å²) in [4.78, 5) is 52.4. The topological polar surface area (TPSA) is 104 Å². The molecule has 0 aromatic heterocycles. The molecule has 0 spiro atoms. The van der Waals surface area contributed by atoms with Crippen LogP contribution in [-0.4, -0.2) is 37.4 Å². The molecule has 0 aliphatic heterocycles. The molecule has 1 saturated carbocycles. The summed E-state index contributed by atoms with van der Waals surface area (Å²) in [6, 6.07) is 10.4. The Labute approximate surface area is 212 Å². The predicted molar refractivity (Wildman–Crippen MR) is 144 cm³/mol. The van der Waals surface area contributed by atoms with Gasteiger partial charge in [0, 0.05) is 42.0 Å². The highest BCUT2D eigenvalue weighted by Gasteiger charge is 2.46. The van der Waals surface area contributed by atoms with Gasteiger partial charge in [-0.3, -0.25) is 19.2 Å². The second kappa shape index (κ2) is 9.72. The molecule has 1 amide bonds. The van der Waals surface area contributed by atoms with Crippen molar-refractivity contribution in [1.29, 1.82) is 0 Å². The first-order valence-corrected chi connectivity index (χ1v) is 12.0. The lowest BCUT2D eigenvalue weighted by molar-refractivity contribution is -0.130. The van der Waals surface area contributed by atoms with Gasteiger partial charge in [-0.2, -0.15) is 0 Å². The number of hydrogen-bond donors (Lipinski definition) is 3. The molecular formula is C29H35N3O4. The predicted octanol–water partition coefficient (Wildman–Crippen LogP) is 3.24. The molecule has 0 radical (unpaired) electrons. The maximum atomic E-state index is 13.5. The molecule has 0 unspecified atom stereocenters. The van der Waals surface area contributed by atoms with E-state index in [-0.39, 0.29) is 28.8 Å². The number of benzene rings is 2. The van der Waals surface area contributed by atoms with Crippen molar-refractivity contribution in [3.63, 3.8) is 0 Å². The van der Waals surface area contributed by atoms with Gasteiger partial charge in [-0.1, -0.05) is 53.7 Å². The third-order valence-corrected chi connectivity index (χ3v) is 6.23. The third kappa shape index (κ3) is 5.25. The van der Waals surface area contributed by atoms with Crippen molar-refractivity contribution in [3.8, 4) is 0 Å². The van der Waals surface area contributed by atoms with Crippen LogP contribution in [0.15, 0.2) is 36.4 Å². The fourth-order valence-corrected chi connectivity index (χ4v) is 3.80. The summed E-state index contributed by atoms with van der Waals surface area (Å²) >= 11 is 0. The quantitative estimate of drug-likeness (QED) is 0.557. The van der Waals surface area contributed by atoms with Gasteiger partial charge in [-0.15, -0.1) is 0 Å². The summed E-state index contributed by atoms with van der Waals surface area (Å²) in [5.74, 6) is -2.02. The number of carbonyl (C=O) groups excluding carboxylic acids is 4. The standard InChI is InChI=1S/C29H35N3O4/c1-28(2,3)22(33)14-16-13-17(30-7)9-11-19(16)23-25(34)24(26(23)35)20-12-10-18(31-8)15-21(20)32-27(36)29(4,5)6/h9-15,24,30-31H,1-8H3,(H,32,36)/b16-14+,23-19?. The van der Waals surface area contributed by atoms with Gasteiger partial charge in [0.05, 0.1) is 5.57 Å². The number of anilines is 3. The second-order valence-electron chi connectivity index (χ2n) is 11.1. The second-order valence-corrected chi connectivity index (χ2v) is 11.1. The van der Waals surface area contributed by atoms with Crippen LogP contribution in [0.2, 0.25) is 0 Å². The van der Waals surface area contributed by atoms with Gasteiger partial charge in [0.25, 0.3) is 0 Å². The number of ketones is 3. The van der Waals surface area contributed by atoms with Crippen LogP contribution in [-0.2, 0) is 19.2 Å². The smallest absolute Gasteiger partial charge is 0.229 e. The Morgan fingerprint density at radius 1 is 0.806 bits per heavy atom. The summed E-state index contributed by atoms with van der Waals surface area (Å²) in [7, 11) is 3.51. The van der Waals surface area contributed by atoms with Gasteiger partial charge in [0.1, 0.15) is 5.92 Å². The Kier molecular flexibility index (Phi) is 7.25. The van der Waals surface area contributed by atoms with E-state index in [1.54, 1.807) is 71.3 Å². The van der Waals surface area contributed by atoms with Crippen molar-refractivity contribution < 1.29 is 19.2 Å². The zero-order valence-corrected chi connectivity index (χ0v) is 22.3. The summed E-state index contributed by atoms with van der Waals surface area (Å²) in [5, 5.41) is 9.89. The average Bonchev–Trinajstić information content (AvgIpc) is 2.79. The summed E-state index contributed by atoms with van der Waals surface area (Å²) in [6.07, 6.45) is 1.49. The number of rotatable bonds is 5. The van der Waals surface area contributed by atoms with Crippen LogP contribution in [0.1, 0.15) is 53.0 Å². The fraction of sp³-hybridized carbons (Fsp3) is 0.379. The van der Waals surface area contributed by atoms with Crippen LogP contribution in [0.4, 0.5) is 17.1 Å². The van der Waals surface area contributed by atoms with Crippen LogP contribution in [0.3, 0.4) is 0 Å². The number of nitrogens with one attached hydrogen (secondary N) is 3. The summed E-state index contributed by atoms with van der Waals surface area (Å²) in [5.41, 5.74) is 1.19. The van der Waals surface area contributed by atoms with Crippen LogP contribution < -0.4 is 26.4 Å². The third-order valence-electron chi connectivity index (χ3n) is 6.23. The first-order chi connectivity index (χ1) is 16.7. The molecular weight excluding hydrogens is 454 g/mol. The molecule has 0 atom stereocenters. The first-order valence-electron chi connectivity index (χ1n) is 12.0. The van der Waals surface area contributed by atoms with E-state index in [1.165, 1.54) is 6.08 Å². The Morgan fingerprint density at radius 3 is 1.89 bits per heavy atom. The van der Waals surface area contributed by atoms with Gasteiger partial charge < -0.3 is 16.0 Å². The Hall–Kier alpha value is -3.74. The zero-order valence-electron chi connectivity index (χ0n) is 22.3. The van der Waals surface area contributed by atoms with E-state index in [2.05, 4.69) is 16.0 Å². The largest absolute Gasteiger partial charge is 0.388 e. The maximum Gasteiger partial charge on any atom is 0.229 e. The van der Waals surface area contributed by atoms with Gasteiger partial charge in [0.2, 0.25) is 5.91 Å². The minimum atomic E-state index is -1.02. The molecule has 0 saturated heterocycles. The molecule has 0 bridgehead atoms. The van der Waals surface area contributed by atoms with Crippen molar-refractivity contribution >= 4 is 52.0 Å². The van der Waals surface area contributed by atoms with E-state index in [0.717, 1.165) is 11.4 Å². The highest BCUT2D eigenvalue weighted by Crippen LogP contribution is 2.39. The number of hydrogen-bond acceptors (Lipinski definition) is 6. The van der Waals surface area contributed by atoms with Gasteiger partial charge in [-0.25, -0.2) is 0 Å². The van der Waals surface area contributed by atoms with Crippen molar-refractivity contribution in [2.45, 2.75) is 47.5 Å². The van der Waals surface area contributed by atoms with E-state index in [9.17, 15) is 19.2 Å². The number of Topliss-reactive ketones (excluding diaryl/α,β-unsaturated/α-hetero) is 3. The number of amides is 1. The molecule has 36 heavy (non-hydrogen) atoms. The molecule has 1 aliphatic carbocycles. The monoisotopic (exact) mass is 489 g/mol. The van der Waals surface area contributed by atoms with E-state index in [4.69, 9.17) is 0 Å². The molecule has 3 rings (SSSR count). The zero-order chi connectivity index (χ0) is 27.0. The van der Waals surface area contributed by atoms with Crippen LogP contribution in [0.25, 0.3) is 11.6 Å². The lowest BCUT2D eigenvalue weighted by atomic mass is 9.71. The molecule has 2 aromatic carbocycles.